The number of allylic oxidation sites excluding steroid dienone is 2. The highest BCUT2D eigenvalue weighted by molar-refractivity contribution is 7.19. The van der Waals surface area contributed by atoms with E-state index in [1.807, 2.05) is 49.3 Å². The van der Waals surface area contributed by atoms with Crippen molar-refractivity contribution in [2.24, 2.45) is 4.99 Å². The maximum Gasteiger partial charge on any atom is 0.291 e. The summed E-state index contributed by atoms with van der Waals surface area (Å²) in [4.78, 5) is 29.6. The van der Waals surface area contributed by atoms with Crippen LogP contribution in [0.3, 0.4) is 0 Å². The Bertz CT molecular complexity index is 1340. The largest absolute Gasteiger partial charge is 0.354 e. The van der Waals surface area contributed by atoms with Gasteiger partial charge in [-0.25, -0.2) is 15.0 Å². The highest BCUT2D eigenvalue weighted by atomic mass is 32.1. The van der Waals surface area contributed by atoms with Gasteiger partial charge in [-0.15, -0.1) is 5.10 Å². The second-order valence-electron chi connectivity index (χ2n) is 8.74. The van der Waals surface area contributed by atoms with Crippen LogP contribution < -0.4 is 4.90 Å². The average molecular weight is 488 g/mol. The fraction of sp³-hybridized carbons (Fsp3) is 0.385. The van der Waals surface area contributed by atoms with E-state index in [4.69, 9.17) is 15.0 Å². The Balaban J connectivity index is 1.90. The van der Waals surface area contributed by atoms with Crippen LogP contribution in [-0.2, 0) is 0 Å². The van der Waals surface area contributed by atoms with Gasteiger partial charge in [-0.2, -0.15) is 9.94 Å². The van der Waals surface area contributed by atoms with Gasteiger partial charge in [0.1, 0.15) is 28.0 Å². The fourth-order valence-electron chi connectivity index (χ4n) is 4.03. The summed E-state index contributed by atoms with van der Waals surface area (Å²) in [5, 5.41) is 15.8. The van der Waals surface area contributed by atoms with Gasteiger partial charge in [0.2, 0.25) is 0 Å². The number of hydrogen-bond donors (Lipinski definition) is 0. The zero-order valence-electron chi connectivity index (χ0n) is 20.7. The molecule has 8 nitrogen and oxygen atoms in total. The molecule has 0 spiro atoms. The number of anilines is 1. The molecule has 35 heavy (non-hydrogen) atoms. The van der Waals surface area contributed by atoms with E-state index in [0.717, 1.165) is 42.1 Å². The van der Waals surface area contributed by atoms with Crippen LogP contribution in [0.5, 0.6) is 0 Å². The van der Waals surface area contributed by atoms with Crippen LogP contribution >= 0.6 is 11.3 Å². The molecule has 0 N–H and O–H groups in total. The van der Waals surface area contributed by atoms with Crippen molar-refractivity contribution in [1.29, 1.82) is 5.26 Å². The number of carbonyl (C=O) groups is 1. The Kier molecular flexibility index (Phi) is 7.22. The monoisotopic (exact) mass is 487 g/mol. The van der Waals surface area contributed by atoms with Crippen molar-refractivity contribution in [2.75, 3.05) is 19.0 Å². The van der Waals surface area contributed by atoms with Gasteiger partial charge >= 0.3 is 0 Å². The van der Waals surface area contributed by atoms with Crippen LogP contribution in [0, 0.1) is 11.3 Å². The van der Waals surface area contributed by atoms with Gasteiger partial charge in [0, 0.05) is 31.1 Å². The van der Waals surface area contributed by atoms with E-state index in [9.17, 15) is 10.1 Å². The van der Waals surface area contributed by atoms with Crippen LogP contribution in [0.2, 0.25) is 0 Å². The molecule has 3 heterocycles. The minimum absolute atomic E-state index is 0.0351. The third kappa shape index (κ3) is 4.66. The Morgan fingerprint density at radius 2 is 1.94 bits per heavy atom. The first-order chi connectivity index (χ1) is 16.9. The topological polar surface area (TPSA) is 100 Å². The van der Waals surface area contributed by atoms with E-state index >= 15 is 0 Å². The maximum absolute atomic E-state index is 13.1. The smallest absolute Gasteiger partial charge is 0.291 e. The van der Waals surface area contributed by atoms with E-state index in [2.05, 4.69) is 25.0 Å². The van der Waals surface area contributed by atoms with Crippen molar-refractivity contribution >= 4 is 33.1 Å². The predicted octanol–water partition coefficient (Wildman–Crippen LogP) is 5.77. The second kappa shape index (κ2) is 10.3. The number of aromatic nitrogens is 4. The number of nitriles is 1. The zero-order valence-corrected chi connectivity index (χ0v) is 21.6. The molecule has 9 heteroatoms. The van der Waals surface area contributed by atoms with E-state index in [-0.39, 0.29) is 11.5 Å². The number of hydrogen-bond acceptors (Lipinski definition) is 8. The summed E-state index contributed by atoms with van der Waals surface area (Å²) >= 11 is 1.45. The van der Waals surface area contributed by atoms with Gasteiger partial charge in [0.05, 0.1) is 0 Å². The van der Waals surface area contributed by atoms with E-state index in [0.29, 0.717) is 27.9 Å². The van der Waals surface area contributed by atoms with Crippen molar-refractivity contribution in [3.63, 3.8) is 0 Å². The van der Waals surface area contributed by atoms with Crippen molar-refractivity contribution in [1.82, 2.24) is 19.7 Å². The Labute approximate surface area is 209 Å². The number of carbonyl (C=O) groups excluding carboxylic acids is 1. The molecule has 1 atom stereocenters. The molecule has 0 saturated heterocycles. The number of thiazole rings is 1. The molecule has 0 fully saturated rings. The number of benzene rings is 1. The van der Waals surface area contributed by atoms with Crippen molar-refractivity contribution < 1.29 is 4.79 Å². The van der Waals surface area contributed by atoms with Crippen LogP contribution in [-0.4, -0.2) is 45.5 Å². The summed E-state index contributed by atoms with van der Waals surface area (Å²) in [5.74, 6) is 0.710. The van der Waals surface area contributed by atoms with E-state index < -0.39 is 5.91 Å². The molecule has 0 radical (unpaired) electrons. The van der Waals surface area contributed by atoms with Gasteiger partial charge in [0.15, 0.2) is 16.8 Å². The lowest BCUT2D eigenvalue weighted by molar-refractivity contribution is 0.0941. The average Bonchev–Trinajstić information content (AvgIpc) is 3.49. The highest BCUT2D eigenvalue weighted by Crippen LogP contribution is 2.40. The van der Waals surface area contributed by atoms with Crippen LogP contribution in [0.4, 0.5) is 10.1 Å². The summed E-state index contributed by atoms with van der Waals surface area (Å²) in [6, 6.07) is 11.9. The molecule has 0 saturated carbocycles. The molecule has 180 valence electrons. The standard InChI is InChI=1S/C26H29N7OS/c1-6-8-12-17(7-2)22-30-23-20(16(3)19(15-27)25(34)33(23)31-22)28-24-21(18-13-10-9-11-14-18)29-26(35-24)32(4)5/h9-11,13-14,17H,6-8,12H2,1-5H3. The summed E-state index contributed by atoms with van der Waals surface area (Å²) in [7, 11) is 3.87. The van der Waals surface area contributed by atoms with Gasteiger partial charge < -0.3 is 4.90 Å². The van der Waals surface area contributed by atoms with Crippen LogP contribution in [0.1, 0.15) is 68.8 Å². The normalized spacial score (nSPS) is 15.3. The maximum atomic E-state index is 13.1. The fourth-order valence-corrected chi connectivity index (χ4v) is 4.92. The minimum atomic E-state index is -0.454. The third-order valence-electron chi connectivity index (χ3n) is 6.09. The number of nitrogens with zero attached hydrogens (tertiary/aromatic N) is 7. The number of unbranched alkanes of at least 4 members (excludes halogenated alkanes) is 1. The lowest BCUT2D eigenvalue weighted by Gasteiger charge is -2.14. The molecule has 1 aliphatic heterocycles. The van der Waals surface area contributed by atoms with Gasteiger partial charge in [0.25, 0.3) is 5.91 Å². The van der Waals surface area contributed by atoms with E-state index in [1.54, 1.807) is 6.92 Å². The molecule has 1 aromatic carbocycles. The first-order valence-corrected chi connectivity index (χ1v) is 12.7. The molecule has 2 aromatic heterocycles. The zero-order chi connectivity index (χ0) is 25.1. The van der Waals surface area contributed by atoms with Crippen LogP contribution in [0.25, 0.3) is 11.3 Å². The summed E-state index contributed by atoms with van der Waals surface area (Å²) < 4.78 is 1.25. The number of rotatable bonds is 8. The molecule has 1 aliphatic rings. The molecule has 3 aromatic rings. The molecule has 1 unspecified atom stereocenters. The van der Waals surface area contributed by atoms with Crippen LogP contribution in [0.15, 0.2) is 46.5 Å². The van der Waals surface area contributed by atoms with E-state index in [1.165, 1.54) is 16.0 Å². The minimum Gasteiger partial charge on any atom is -0.354 e. The SMILES string of the molecule is CCCCC(CC)c1nc2n(n1)C(=O)C(C#N)=C(C)C2=Nc1sc(N(C)C)nc1-c1ccccc1. The summed E-state index contributed by atoms with van der Waals surface area (Å²) in [6.45, 7) is 6.01. The lowest BCUT2D eigenvalue weighted by atomic mass is 9.98. The van der Waals surface area contributed by atoms with Gasteiger partial charge in [-0.05, 0) is 19.8 Å². The summed E-state index contributed by atoms with van der Waals surface area (Å²) in [6.07, 6.45) is 3.97. The second-order valence-corrected chi connectivity index (χ2v) is 9.70. The Morgan fingerprint density at radius 1 is 1.20 bits per heavy atom. The summed E-state index contributed by atoms with van der Waals surface area (Å²) in [5.41, 5.74) is 2.71. The van der Waals surface area contributed by atoms with Crippen molar-refractivity contribution in [2.45, 2.75) is 52.4 Å². The Morgan fingerprint density at radius 3 is 2.57 bits per heavy atom. The van der Waals surface area contributed by atoms with Gasteiger partial charge in [-0.3, -0.25) is 4.79 Å². The number of aliphatic imine (C=N–C) groups is 1. The molecule has 0 aliphatic carbocycles. The third-order valence-corrected chi connectivity index (χ3v) is 7.21. The first kappa shape index (κ1) is 24.5. The quantitative estimate of drug-likeness (QED) is 0.400. The lowest BCUT2D eigenvalue weighted by Crippen LogP contribution is -2.28. The molecular formula is C26H29N7OS. The first-order valence-electron chi connectivity index (χ1n) is 11.8. The molecule has 4 rings (SSSR count). The Hall–Kier alpha value is -3.64. The predicted molar refractivity (Wildman–Crippen MR) is 140 cm³/mol. The van der Waals surface area contributed by atoms with Gasteiger partial charge in [-0.1, -0.05) is 68.4 Å². The molecule has 0 amide bonds. The van der Waals surface area contributed by atoms with Crippen molar-refractivity contribution in [3.8, 4) is 17.3 Å². The van der Waals surface area contributed by atoms with Crippen molar-refractivity contribution in [3.05, 3.63) is 53.1 Å². The highest BCUT2D eigenvalue weighted by Gasteiger charge is 2.33. The molecular weight excluding hydrogens is 458 g/mol. The molecule has 0 bridgehead atoms. The number of fused-ring (bicyclic) bond motifs is 1.